The Labute approximate surface area is 319 Å². The second-order valence-corrected chi connectivity index (χ2v) is 59.8. The van der Waals surface area contributed by atoms with Crippen molar-refractivity contribution in [3.8, 4) is 0 Å². The van der Waals surface area contributed by atoms with Crippen LogP contribution < -0.4 is 10.4 Å². The monoisotopic (exact) mass is 798 g/mol. The second kappa shape index (κ2) is 15.1. The standard InChI is InChI=1S/C42H82OSi7/c1-30(2)34(6)29-50(43,38-32(4)25-31(3)26-33(38)5)39-36(41(46(13,14)15)47(16,17)18)27-35(40(44(7,8)9)45(10,11)12)28-37(39)42(48(19,20)21)49(22,23)24/h25-28,40-43H,29H2,1-24H3. The molecular weight excluding hydrogens is 717 g/mol. The van der Waals surface area contributed by atoms with Crippen LogP contribution in [-0.4, -0.2) is 61.6 Å². The van der Waals surface area contributed by atoms with E-state index in [0.717, 1.165) is 6.04 Å². The molecule has 0 heterocycles. The molecule has 2 rings (SSSR count). The van der Waals surface area contributed by atoms with Crippen LogP contribution in [0.3, 0.4) is 0 Å². The average molecular weight is 800 g/mol. The maximum absolute atomic E-state index is 14.5. The molecule has 0 aliphatic heterocycles. The van der Waals surface area contributed by atoms with Crippen LogP contribution in [-0.2, 0) is 0 Å². The van der Waals surface area contributed by atoms with Crippen molar-refractivity contribution >= 4 is 67.1 Å². The highest BCUT2D eigenvalue weighted by Crippen LogP contribution is 2.45. The van der Waals surface area contributed by atoms with Crippen LogP contribution in [0.5, 0.6) is 0 Å². The highest BCUT2D eigenvalue weighted by atomic mass is 28.4. The zero-order valence-corrected chi connectivity index (χ0v) is 44.7. The summed E-state index contributed by atoms with van der Waals surface area (Å²) < 4.78 is 0. The molecule has 50 heavy (non-hydrogen) atoms. The van der Waals surface area contributed by atoms with Crippen LogP contribution in [0.2, 0.25) is 124 Å². The Bertz CT molecular complexity index is 1440. The first kappa shape index (κ1) is 45.8. The summed E-state index contributed by atoms with van der Waals surface area (Å²) in [5, 5.41) is 4.51. The molecule has 2 aromatic carbocycles. The molecule has 284 valence electrons. The molecule has 0 aromatic heterocycles. The lowest BCUT2D eigenvalue weighted by Gasteiger charge is -2.48. The van der Waals surface area contributed by atoms with Gasteiger partial charge in [0, 0.05) is 48.4 Å². The van der Waals surface area contributed by atoms with Crippen LogP contribution in [0.15, 0.2) is 35.4 Å². The Hall–Kier alpha value is -0.342. The van der Waals surface area contributed by atoms with Gasteiger partial charge in [0.25, 0.3) is 8.32 Å². The smallest absolute Gasteiger partial charge is 0.257 e. The summed E-state index contributed by atoms with van der Waals surface area (Å²) in [5.74, 6) is 0. The van der Waals surface area contributed by atoms with Gasteiger partial charge in [0.15, 0.2) is 0 Å². The van der Waals surface area contributed by atoms with Crippen molar-refractivity contribution in [1.82, 2.24) is 0 Å². The van der Waals surface area contributed by atoms with Gasteiger partial charge in [-0.25, -0.2) is 0 Å². The van der Waals surface area contributed by atoms with E-state index < -0.39 is 56.8 Å². The third-order valence-corrected chi connectivity index (χ3v) is 43.2. The lowest BCUT2D eigenvalue weighted by molar-refractivity contribution is 0.567. The number of allylic oxidation sites excluding steroid dienone is 2. The number of benzene rings is 2. The molecule has 0 aliphatic rings. The molecule has 0 aliphatic carbocycles. The molecule has 1 atom stereocenters. The molecule has 0 fully saturated rings. The van der Waals surface area contributed by atoms with E-state index in [-0.39, 0.29) is 0 Å². The van der Waals surface area contributed by atoms with Gasteiger partial charge in [0.2, 0.25) is 0 Å². The van der Waals surface area contributed by atoms with Crippen LogP contribution in [0.1, 0.15) is 69.6 Å². The van der Waals surface area contributed by atoms with Crippen LogP contribution in [0.25, 0.3) is 0 Å². The fourth-order valence-electron chi connectivity index (χ4n) is 11.3. The number of hydrogen-bond acceptors (Lipinski definition) is 1. The Kier molecular flexibility index (Phi) is 13.8. The van der Waals surface area contributed by atoms with E-state index in [9.17, 15) is 4.80 Å². The van der Waals surface area contributed by atoms with Crippen LogP contribution in [0, 0.1) is 20.8 Å². The maximum atomic E-state index is 14.5. The van der Waals surface area contributed by atoms with E-state index in [1.54, 1.807) is 16.7 Å². The summed E-state index contributed by atoms with van der Waals surface area (Å²) in [6.45, 7) is 61.1. The van der Waals surface area contributed by atoms with Crippen molar-refractivity contribution in [1.29, 1.82) is 0 Å². The van der Waals surface area contributed by atoms with E-state index in [4.69, 9.17) is 0 Å². The van der Waals surface area contributed by atoms with E-state index in [1.807, 2.05) is 0 Å². The van der Waals surface area contributed by atoms with Crippen molar-refractivity contribution in [2.75, 3.05) is 0 Å². The SMILES string of the molecule is CC(C)=C(C)C[Si](O)(c1c(C)cc(C)cc1C)c1c(C([Si](C)(C)C)[Si](C)(C)C)cc(C([Si](C)(C)C)[Si](C)(C)C)cc1C([Si](C)(C)C)[Si](C)(C)C. The third-order valence-electron chi connectivity index (χ3n) is 11.3. The largest absolute Gasteiger partial charge is 0.424 e. The first-order chi connectivity index (χ1) is 22.0. The molecule has 1 N–H and O–H groups in total. The Balaban J connectivity index is 3.73. The molecule has 0 saturated carbocycles. The number of aryl methyl sites for hydroxylation is 3. The van der Waals surface area contributed by atoms with Gasteiger partial charge in [-0.05, 0) is 101 Å². The third kappa shape index (κ3) is 10.2. The Morgan fingerprint density at radius 3 is 1.04 bits per heavy atom. The summed E-state index contributed by atoms with van der Waals surface area (Å²) in [7, 11) is -13.6. The van der Waals surface area contributed by atoms with Crippen LogP contribution in [0.4, 0.5) is 0 Å². The highest BCUT2D eigenvalue weighted by molar-refractivity contribution is 7.02. The predicted molar refractivity (Wildman–Crippen MR) is 251 cm³/mol. The molecule has 0 amide bonds. The summed E-state index contributed by atoms with van der Waals surface area (Å²) in [6, 6.07) is 11.1. The van der Waals surface area contributed by atoms with Gasteiger partial charge in [-0.3, -0.25) is 0 Å². The minimum absolute atomic E-state index is 0.550. The molecule has 2 aromatic rings. The normalized spacial score (nSPS) is 15.3. The molecule has 8 heteroatoms. The zero-order valence-electron chi connectivity index (χ0n) is 37.7. The van der Waals surface area contributed by atoms with E-state index in [1.165, 1.54) is 38.2 Å². The predicted octanol–water partition coefficient (Wildman–Crippen LogP) is 12.5. The van der Waals surface area contributed by atoms with Crippen molar-refractivity contribution in [3.63, 3.8) is 0 Å². The fourth-order valence-corrected chi connectivity index (χ4v) is 54.6. The average Bonchev–Trinajstić information content (AvgIpc) is 2.77. The van der Waals surface area contributed by atoms with Crippen LogP contribution >= 0.6 is 0 Å². The van der Waals surface area contributed by atoms with E-state index in [0.29, 0.717) is 15.5 Å². The molecule has 1 nitrogen and oxygen atoms in total. The van der Waals surface area contributed by atoms with Crippen molar-refractivity contribution in [2.24, 2.45) is 0 Å². The fraction of sp³-hybridized carbons (Fsp3) is 0.667. The van der Waals surface area contributed by atoms with Gasteiger partial charge in [0.05, 0.1) is 0 Å². The maximum Gasteiger partial charge on any atom is 0.257 e. The van der Waals surface area contributed by atoms with Gasteiger partial charge in [-0.2, -0.15) is 0 Å². The van der Waals surface area contributed by atoms with Gasteiger partial charge in [-0.1, -0.05) is 159 Å². The molecule has 0 saturated heterocycles. The quantitative estimate of drug-likeness (QED) is 0.158. The minimum Gasteiger partial charge on any atom is -0.424 e. The molecule has 0 radical (unpaired) electrons. The minimum atomic E-state index is -3.37. The van der Waals surface area contributed by atoms with Crippen molar-refractivity contribution < 1.29 is 4.80 Å². The lowest BCUT2D eigenvalue weighted by atomic mass is 10.1. The molecule has 0 spiro atoms. The van der Waals surface area contributed by atoms with E-state index in [2.05, 4.69) is 184 Å². The topological polar surface area (TPSA) is 20.2 Å². The molecular formula is C42H82OSi7. The molecule has 0 bridgehead atoms. The van der Waals surface area contributed by atoms with E-state index >= 15 is 0 Å². The summed E-state index contributed by atoms with van der Waals surface area (Å²) in [4.78, 5) is 14.5. The lowest BCUT2D eigenvalue weighted by Crippen LogP contribution is -2.66. The second-order valence-electron chi connectivity index (χ2n) is 23.2. The summed E-state index contributed by atoms with van der Waals surface area (Å²) in [6.07, 6.45) is 0. The Morgan fingerprint density at radius 2 is 0.780 bits per heavy atom. The molecule has 1 unspecified atom stereocenters. The van der Waals surface area contributed by atoms with Crippen molar-refractivity contribution in [3.05, 3.63) is 68.8 Å². The van der Waals surface area contributed by atoms with Gasteiger partial charge in [-0.15, -0.1) is 0 Å². The van der Waals surface area contributed by atoms with Gasteiger partial charge >= 0.3 is 0 Å². The summed E-state index contributed by atoms with van der Waals surface area (Å²) >= 11 is 0. The summed E-state index contributed by atoms with van der Waals surface area (Å²) in [5.41, 5.74) is 11.5. The number of hydrogen-bond donors (Lipinski definition) is 1. The Morgan fingerprint density at radius 1 is 0.480 bits per heavy atom. The first-order valence-electron chi connectivity index (χ1n) is 19.6. The highest BCUT2D eigenvalue weighted by Gasteiger charge is 2.52. The number of rotatable bonds is 13. The zero-order chi connectivity index (χ0) is 39.5. The first-order valence-corrected chi connectivity index (χ1v) is 43.2. The van der Waals surface area contributed by atoms with Gasteiger partial charge in [0.1, 0.15) is 0 Å². The van der Waals surface area contributed by atoms with Gasteiger partial charge < -0.3 is 4.80 Å². The van der Waals surface area contributed by atoms with Crippen molar-refractivity contribution in [2.45, 2.75) is 181 Å².